The van der Waals surface area contributed by atoms with Crippen LogP contribution in [0.25, 0.3) is 45.0 Å². The largest absolute Gasteiger partial charge is 0.494 e. The first kappa shape index (κ1) is 113. The van der Waals surface area contributed by atoms with E-state index in [4.69, 9.17) is 115 Å². The molecule has 0 aliphatic carbocycles. The summed E-state index contributed by atoms with van der Waals surface area (Å²) in [6.07, 6.45) is 10.5. The van der Waals surface area contributed by atoms with Gasteiger partial charge in [-0.25, -0.2) is 37.5 Å². The number of hydrogen-bond acceptors (Lipinski definition) is 29. The summed E-state index contributed by atoms with van der Waals surface area (Å²) >= 11 is 23.8. The maximum Gasteiger partial charge on any atom is 0.181 e. The van der Waals surface area contributed by atoms with E-state index in [0.29, 0.717) is 156 Å². The molecule has 14 aromatic rings. The maximum absolute atomic E-state index is 13.8. The lowest BCUT2D eigenvalue weighted by atomic mass is 9.87. The number of H-pyrrole nitrogens is 2. The van der Waals surface area contributed by atoms with Gasteiger partial charge < -0.3 is 77.3 Å². The van der Waals surface area contributed by atoms with Gasteiger partial charge in [-0.1, -0.05) is 73.1 Å². The lowest BCUT2D eigenvalue weighted by Gasteiger charge is -2.26. The van der Waals surface area contributed by atoms with Crippen LogP contribution >= 0.6 is 46.4 Å². The Kier molecular flexibility index (Phi) is 41.2. The third-order valence-electron chi connectivity index (χ3n) is 23.0. The van der Waals surface area contributed by atoms with E-state index >= 15 is 0 Å². The molecule has 0 amide bonds. The van der Waals surface area contributed by atoms with E-state index in [0.717, 1.165) is 19.3 Å². The van der Waals surface area contributed by atoms with Gasteiger partial charge in [-0.2, -0.15) is 30.8 Å². The highest BCUT2D eigenvalue weighted by Gasteiger charge is 2.40. The lowest BCUT2D eigenvalue weighted by molar-refractivity contribution is 0.0560. The van der Waals surface area contributed by atoms with Gasteiger partial charge in [0.2, 0.25) is 0 Å². The Labute approximate surface area is 870 Å². The predicted molar refractivity (Wildman–Crippen MR) is 547 cm³/mol. The number of carbonyl (C=O) groups excluding carboxylic acids is 5. The number of aliphatic hydroxyl groups excluding tert-OH is 1. The zero-order chi connectivity index (χ0) is 107. The lowest BCUT2D eigenvalue weighted by Crippen LogP contribution is -2.30. The van der Waals surface area contributed by atoms with Crippen molar-refractivity contribution in [1.82, 2.24) is 50.8 Å². The van der Waals surface area contributed by atoms with Gasteiger partial charge in [-0.3, -0.25) is 24.0 Å². The van der Waals surface area contributed by atoms with Gasteiger partial charge in [-0.05, 0) is 226 Å². The standard InChI is InChI=1S/C28H28ClFN4O5.C28H27ClFNO5.C27H26ClFN4O6.C26H25ClFNO5/c1-4-13-39-22-8-6-17(15-24(22)38-3)21(35)11-12-28(36,26-16-31-34-33-26)25-10-9-23(37-2)27(32-25)18-5-7-20(30)19(29)14-18;1-5-15-36-23-10-8-18(17-25(23)35-4)22(32)13-14-28(33,6-2)26-12-11-24(34-3)27(31-26)19-7-9-21(30)20(29)16-19;1-37-22-7-8-24(31-26(22)17-3-5-19(29)18(28)13-17)27(36,25-15-30-33-32-25)10-9-20(35)16-4-6-21(39-12-11-34)23(14-16)38-2;1-4-13-34-23-11-6-16(15-25(23)33-3)21(30)9-10-22(31)20-8-12-24(32-2)26(29-20)17-5-7-19(28)18(27)14-17/h5-10,14-16,36H,4,11-13H2,1-3H3,(H,31,33,34);2,7-12,16-17,33H,5,13-15H2,1,3-4H3;3-8,13-15,34,36H,9-12H2,1-2H3,(H,30,32,33);5-8,11-12,14-15H,4,9-10,13H2,1-3H3. The van der Waals surface area contributed by atoms with E-state index < -0.39 is 40.1 Å². The van der Waals surface area contributed by atoms with Crippen LogP contribution < -0.4 is 56.8 Å². The fraction of sp³-hybridized carbons (Fsp3) is 0.275. The van der Waals surface area contributed by atoms with Crippen LogP contribution in [0.3, 0.4) is 0 Å². The van der Waals surface area contributed by atoms with Gasteiger partial charge in [0.1, 0.15) is 92.7 Å². The third-order valence-corrected chi connectivity index (χ3v) is 24.1. The van der Waals surface area contributed by atoms with Crippen LogP contribution in [0.15, 0.2) is 207 Å². The summed E-state index contributed by atoms with van der Waals surface area (Å²) in [5.41, 5.74) is 0.410. The number of nitrogens with zero attached hydrogens (tertiary/aromatic N) is 8. The number of ether oxygens (including phenoxy) is 12. The Balaban J connectivity index is 0.000000188. The van der Waals surface area contributed by atoms with E-state index in [1.807, 2.05) is 20.8 Å². The van der Waals surface area contributed by atoms with E-state index in [1.54, 1.807) is 103 Å². The first-order valence-corrected chi connectivity index (χ1v) is 47.7. The van der Waals surface area contributed by atoms with Crippen LogP contribution in [0.5, 0.6) is 69.0 Å². The summed E-state index contributed by atoms with van der Waals surface area (Å²) in [5.74, 6) is 4.11. The van der Waals surface area contributed by atoms with Crippen LogP contribution in [0.1, 0.15) is 172 Å². The topological polar surface area (TPSA) is 412 Å². The molecular formula is C109H106Cl4F4N10O21. The molecule has 6 N–H and O–H groups in total. The highest BCUT2D eigenvalue weighted by atomic mass is 35.5. The molecule has 31 nitrogen and oxygen atoms in total. The van der Waals surface area contributed by atoms with Crippen molar-refractivity contribution in [3.8, 4) is 126 Å². The van der Waals surface area contributed by atoms with E-state index in [9.17, 15) is 56.9 Å². The van der Waals surface area contributed by atoms with Crippen LogP contribution in [0, 0.1) is 35.6 Å². The first-order chi connectivity index (χ1) is 71.2. The molecule has 148 heavy (non-hydrogen) atoms. The molecular weight excluding hydrogens is 2000 g/mol. The van der Waals surface area contributed by atoms with E-state index in [2.05, 4.69) is 56.7 Å². The average Bonchev–Trinajstić information content (AvgIpc) is 1.31. The molecule has 8 aromatic carbocycles. The molecule has 6 heterocycles. The number of carbonyl (C=O) groups is 5. The number of halogens is 8. The minimum Gasteiger partial charge on any atom is -0.494 e. The number of aromatic amines is 2. The summed E-state index contributed by atoms with van der Waals surface area (Å²) in [6, 6.07) is 48.7. The maximum atomic E-state index is 13.8. The molecule has 3 atom stereocenters. The molecule has 0 radical (unpaired) electrons. The second-order valence-corrected chi connectivity index (χ2v) is 34.3. The van der Waals surface area contributed by atoms with E-state index in [-0.39, 0.29) is 148 Å². The van der Waals surface area contributed by atoms with Crippen molar-refractivity contribution in [3.63, 3.8) is 0 Å². The van der Waals surface area contributed by atoms with E-state index in [1.165, 1.54) is 160 Å². The number of methoxy groups -OCH3 is 8. The third kappa shape index (κ3) is 28.4. The quantitative estimate of drug-likeness (QED) is 0.0117. The number of hydrogen-bond donors (Lipinski definition) is 6. The summed E-state index contributed by atoms with van der Waals surface area (Å²) in [7, 11) is 11.8. The molecule has 0 saturated heterocycles. The summed E-state index contributed by atoms with van der Waals surface area (Å²) < 4.78 is 120. The normalized spacial score (nSPS) is 12.1. The molecule has 6 aromatic heterocycles. The van der Waals surface area contributed by atoms with Gasteiger partial charge in [0, 0.05) is 83.0 Å². The SMILES string of the molecule is C#CC(O)(CCC(=O)c1ccc(OCCC)c(OC)c1)c1ccc(OC)c(-c2ccc(F)c(Cl)c2)n1.CCCOc1ccc(C(=O)CCC(=O)c2ccc(OC)c(-c3ccc(F)c(Cl)c3)n2)cc1OC.CCCOc1ccc(C(=O)CCC(O)(c2cn[nH]n2)c2ccc(OC)c(-c3ccc(F)c(Cl)c3)n2)cc1OC.COc1cc(C(=O)CCC(O)(c2cn[nH]n2)c2ccc(OC)c(-c3ccc(F)c(Cl)c3)n2)ccc1OCCO. The molecule has 39 heteroatoms. The number of rotatable bonds is 46. The van der Waals surface area contributed by atoms with Crippen molar-refractivity contribution < 1.29 is 119 Å². The van der Waals surface area contributed by atoms with Gasteiger partial charge in [0.15, 0.2) is 91.7 Å². The van der Waals surface area contributed by atoms with Crippen molar-refractivity contribution in [1.29, 1.82) is 0 Å². The van der Waals surface area contributed by atoms with Gasteiger partial charge in [0.05, 0.1) is 133 Å². The first-order valence-electron chi connectivity index (χ1n) is 46.1. The van der Waals surface area contributed by atoms with Gasteiger partial charge in [0.25, 0.3) is 0 Å². The van der Waals surface area contributed by atoms with Crippen LogP contribution in [-0.2, 0) is 16.8 Å². The Bertz CT molecular complexity index is 6820. The number of Topliss-reactive ketones (excluding diaryl/α,β-unsaturated/α-hetero) is 5. The minimum absolute atomic E-state index is 0.00255. The molecule has 3 unspecified atom stereocenters. The van der Waals surface area contributed by atoms with Crippen molar-refractivity contribution >= 4 is 75.3 Å². The number of aromatic nitrogens is 10. The summed E-state index contributed by atoms with van der Waals surface area (Å²) in [5, 5.41) is 64.5. The number of terminal acetylenes is 1. The second kappa shape index (κ2) is 53.8. The minimum atomic E-state index is -1.84. The summed E-state index contributed by atoms with van der Waals surface area (Å²) in [6.45, 7) is 7.49. The van der Waals surface area contributed by atoms with Crippen LogP contribution in [0.2, 0.25) is 20.1 Å². The molecule has 774 valence electrons. The zero-order valence-corrected chi connectivity index (χ0v) is 85.4. The van der Waals surface area contributed by atoms with Crippen LogP contribution in [-0.4, -0.2) is 190 Å². The number of benzene rings is 8. The van der Waals surface area contributed by atoms with Crippen LogP contribution in [0.4, 0.5) is 17.6 Å². The Morgan fingerprint density at radius 2 is 0.608 bits per heavy atom. The second-order valence-electron chi connectivity index (χ2n) is 32.6. The van der Waals surface area contributed by atoms with Crippen molar-refractivity contribution in [2.45, 2.75) is 108 Å². The molecule has 0 fully saturated rings. The highest BCUT2D eigenvalue weighted by molar-refractivity contribution is 6.32. The number of nitrogens with one attached hydrogen (secondary N) is 2. The molecule has 0 aliphatic rings. The molecule has 0 bridgehead atoms. The molecule has 14 rings (SSSR count). The fourth-order valence-corrected chi connectivity index (χ4v) is 15.7. The van der Waals surface area contributed by atoms with Gasteiger partial charge >= 0.3 is 0 Å². The summed E-state index contributed by atoms with van der Waals surface area (Å²) in [4.78, 5) is 82.9. The smallest absolute Gasteiger partial charge is 0.181 e. The molecule has 0 aliphatic heterocycles. The Morgan fingerprint density at radius 3 is 0.899 bits per heavy atom. The Morgan fingerprint density at radius 1 is 0.331 bits per heavy atom. The number of ketones is 5. The highest BCUT2D eigenvalue weighted by Crippen LogP contribution is 2.44. The Hall–Kier alpha value is -15.1. The number of pyridine rings is 4. The molecule has 0 spiro atoms. The van der Waals surface area contributed by atoms with Crippen molar-refractivity contribution in [2.24, 2.45) is 0 Å². The van der Waals surface area contributed by atoms with Crippen molar-refractivity contribution in [2.75, 3.05) is 89.9 Å². The molecule has 0 saturated carbocycles. The average molecular weight is 2110 g/mol. The number of aliphatic hydroxyl groups is 4. The zero-order valence-electron chi connectivity index (χ0n) is 82.4. The monoisotopic (exact) mass is 2110 g/mol. The predicted octanol–water partition coefficient (Wildman–Crippen LogP) is 21.3. The van der Waals surface area contributed by atoms with Gasteiger partial charge in [-0.15, -0.1) is 6.42 Å². The van der Waals surface area contributed by atoms with Crippen molar-refractivity contribution in [3.05, 3.63) is 306 Å². The fourth-order valence-electron chi connectivity index (χ4n) is 15.0.